The van der Waals surface area contributed by atoms with Crippen LogP contribution in [0, 0.1) is 0 Å². The predicted molar refractivity (Wildman–Crippen MR) is 59.8 cm³/mol. The second kappa shape index (κ2) is 4.49. The van der Waals surface area contributed by atoms with E-state index in [1.54, 1.807) is 0 Å². The van der Waals surface area contributed by atoms with Crippen molar-refractivity contribution in [1.82, 2.24) is 0 Å². The van der Waals surface area contributed by atoms with Gasteiger partial charge in [0.15, 0.2) is 0 Å². The lowest BCUT2D eigenvalue weighted by Gasteiger charge is -2.08. The van der Waals surface area contributed by atoms with Gasteiger partial charge in [0.2, 0.25) is 0 Å². The predicted octanol–water partition coefficient (Wildman–Crippen LogP) is 3.59. The van der Waals surface area contributed by atoms with Gasteiger partial charge in [0.1, 0.15) is 10.6 Å². The van der Waals surface area contributed by atoms with E-state index in [9.17, 15) is 18.0 Å². The molecular weight excluding hydrogens is 269 g/mol. The zero-order valence-electron chi connectivity index (χ0n) is 9.08. The van der Waals surface area contributed by atoms with Crippen LogP contribution in [0.25, 0.3) is 10.1 Å². The van der Waals surface area contributed by atoms with E-state index < -0.39 is 12.3 Å². The van der Waals surface area contributed by atoms with Crippen molar-refractivity contribution in [2.75, 3.05) is 7.11 Å². The highest BCUT2D eigenvalue weighted by atomic mass is 32.1. The van der Waals surface area contributed by atoms with Gasteiger partial charge in [-0.15, -0.1) is 24.5 Å². The van der Waals surface area contributed by atoms with Crippen molar-refractivity contribution in [3.05, 3.63) is 29.1 Å². The summed E-state index contributed by atoms with van der Waals surface area (Å²) in [6.45, 7) is 0. The highest BCUT2D eigenvalue weighted by Crippen LogP contribution is 2.31. The second-order valence-corrected chi connectivity index (χ2v) is 4.43. The molecule has 0 atom stereocenters. The van der Waals surface area contributed by atoms with Crippen LogP contribution in [0.15, 0.2) is 24.3 Å². The number of ether oxygens (including phenoxy) is 2. The molecule has 96 valence electrons. The van der Waals surface area contributed by atoms with Gasteiger partial charge in [0, 0.05) is 4.70 Å². The third kappa shape index (κ3) is 2.73. The molecule has 0 saturated carbocycles. The van der Waals surface area contributed by atoms with E-state index in [-0.39, 0.29) is 5.75 Å². The molecule has 0 aliphatic carbocycles. The minimum absolute atomic E-state index is 0.316. The van der Waals surface area contributed by atoms with Crippen molar-refractivity contribution in [3.63, 3.8) is 0 Å². The Morgan fingerprint density at radius 3 is 2.61 bits per heavy atom. The largest absolute Gasteiger partial charge is 0.573 e. The molecule has 0 fully saturated rings. The van der Waals surface area contributed by atoms with E-state index in [0.717, 1.165) is 11.3 Å². The standard InChI is InChI=1S/C11H7F3O3S/c1-16-10(15)9-5-6-4-7(17-11(12,13)14)2-3-8(6)18-9/h2-5H,1H3. The van der Waals surface area contributed by atoms with Crippen LogP contribution in [0.3, 0.4) is 0 Å². The first-order valence-electron chi connectivity index (χ1n) is 4.77. The quantitative estimate of drug-likeness (QED) is 0.786. The Bertz CT molecular complexity index is 589. The molecule has 1 aromatic heterocycles. The van der Waals surface area contributed by atoms with E-state index in [0.29, 0.717) is 15.0 Å². The number of esters is 1. The molecule has 18 heavy (non-hydrogen) atoms. The second-order valence-electron chi connectivity index (χ2n) is 3.35. The fourth-order valence-electron chi connectivity index (χ4n) is 1.42. The van der Waals surface area contributed by atoms with E-state index in [1.165, 1.54) is 31.4 Å². The van der Waals surface area contributed by atoms with Crippen LogP contribution in [0.4, 0.5) is 13.2 Å². The van der Waals surface area contributed by atoms with Gasteiger partial charge in [-0.3, -0.25) is 0 Å². The average molecular weight is 276 g/mol. The number of hydrogen-bond donors (Lipinski definition) is 0. The highest BCUT2D eigenvalue weighted by molar-refractivity contribution is 7.20. The van der Waals surface area contributed by atoms with Crippen LogP contribution in [-0.2, 0) is 4.74 Å². The summed E-state index contributed by atoms with van der Waals surface area (Å²) in [6, 6.07) is 5.36. The van der Waals surface area contributed by atoms with Gasteiger partial charge in [-0.25, -0.2) is 4.79 Å². The molecule has 1 aromatic carbocycles. The van der Waals surface area contributed by atoms with Crippen LogP contribution >= 0.6 is 11.3 Å². The fourth-order valence-corrected chi connectivity index (χ4v) is 2.38. The maximum atomic E-state index is 12.0. The van der Waals surface area contributed by atoms with Crippen LogP contribution < -0.4 is 4.74 Å². The van der Waals surface area contributed by atoms with E-state index in [4.69, 9.17) is 0 Å². The molecule has 0 aliphatic heterocycles. The summed E-state index contributed by atoms with van der Waals surface area (Å²) in [7, 11) is 1.24. The summed E-state index contributed by atoms with van der Waals surface area (Å²) in [5.74, 6) is -0.835. The number of thiophene rings is 1. The minimum Gasteiger partial charge on any atom is -0.465 e. The van der Waals surface area contributed by atoms with Crippen LogP contribution in [-0.4, -0.2) is 19.4 Å². The molecule has 3 nitrogen and oxygen atoms in total. The van der Waals surface area contributed by atoms with Gasteiger partial charge in [0.05, 0.1) is 7.11 Å². The summed E-state index contributed by atoms with van der Waals surface area (Å²) in [6.07, 6.45) is -4.73. The van der Waals surface area contributed by atoms with Gasteiger partial charge in [-0.05, 0) is 29.7 Å². The molecule has 0 spiro atoms. The molecule has 2 rings (SSSR count). The third-order valence-corrected chi connectivity index (χ3v) is 3.20. The SMILES string of the molecule is COC(=O)c1cc2cc(OC(F)(F)F)ccc2s1. The number of halogens is 3. The third-order valence-electron chi connectivity index (χ3n) is 2.11. The van der Waals surface area contributed by atoms with Crippen molar-refractivity contribution in [3.8, 4) is 5.75 Å². The Kier molecular flexibility index (Phi) is 3.16. The molecule has 7 heteroatoms. The summed E-state index contributed by atoms with van der Waals surface area (Å²) < 4.78 is 45.1. The summed E-state index contributed by atoms with van der Waals surface area (Å²) >= 11 is 1.15. The number of alkyl halides is 3. The fraction of sp³-hybridized carbons (Fsp3) is 0.182. The van der Waals surface area contributed by atoms with Crippen LogP contribution in [0.2, 0.25) is 0 Å². The first-order valence-corrected chi connectivity index (χ1v) is 5.58. The van der Waals surface area contributed by atoms with Crippen molar-refractivity contribution in [1.29, 1.82) is 0 Å². The number of rotatable bonds is 2. The lowest BCUT2D eigenvalue weighted by Crippen LogP contribution is -2.16. The van der Waals surface area contributed by atoms with Crippen molar-refractivity contribution in [2.45, 2.75) is 6.36 Å². The molecule has 1 heterocycles. The number of carbonyl (C=O) groups is 1. The highest BCUT2D eigenvalue weighted by Gasteiger charge is 2.31. The Hall–Kier alpha value is -1.76. The first-order chi connectivity index (χ1) is 8.39. The monoisotopic (exact) mass is 276 g/mol. The van der Waals surface area contributed by atoms with Gasteiger partial charge >= 0.3 is 12.3 Å². The number of carbonyl (C=O) groups excluding carboxylic acids is 1. The Morgan fingerprint density at radius 2 is 2.00 bits per heavy atom. The molecule has 0 amide bonds. The normalized spacial score (nSPS) is 11.6. The van der Waals surface area contributed by atoms with Crippen molar-refractivity contribution < 1.29 is 27.4 Å². The zero-order valence-corrected chi connectivity index (χ0v) is 9.89. The van der Waals surface area contributed by atoms with Gasteiger partial charge < -0.3 is 9.47 Å². The zero-order chi connectivity index (χ0) is 13.3. The molecule has 2 aromatic rings. The molecule has 0 unspecified atom stereocenters. The number of fused-ring (bicyclic) bond motifs is 1. The molecule has 0 radical (unpaired) electrons. The van der Waals surface area contributed by atoms with Gasteiger partial charge in [-0.2, -0.15) is 0 Å². The minimum atomic E-state index is -4.73. The molecule has 0 aliphatic rings. The summed E-state index contributed by atoms with van der Waals surface area (Å²) in [4.78, 5) is 11.6. The van der Waals surface area contributed by atoms with E-state index in [2.05, 4.69) is 9.47 Å². The van der Waals surface area contributed by atoms with Crippen molar-refractivity contribution >= 4 is 27.4 Å². The lowest BCUT2D eigenvalue weighted by atomic mass is 10.2. The Morgan fingerprint density at radius 1 is 1.28 bits per heavy atom. The smallest absolute Gasteiger partial charge is 0.465 e. The lowest BCUT2D eigenvalue weighted by molar-refractivity contribution is -0.274. The summed E-state index contributed by atoms with van der Waals surface area (Å²) in [5.41, 5.74) is 0. The van der Waals surface area contributed by atoms with E-state index in [1.807, 2.05) is 0 Å². The van der Waals surface area contributed by atoms with Crippen LogP contribution in [0.1, 0.15) is 9.67 Å². The maximum absolute atomic E-state index is 12.0. The number of hydrogen-bond acceptors (Lipinski definition) is 4. The van der Waals surface area contributed by atoms with Crippen LogP contribution in [0.5, 0.6) is 5.75 Å². The Balaban J connectivity index is 2.37. The molecule has 0 saturated heterocycles. The Labute approximate surface area is 104 Å². The topological polar surface area (TPSA) is 35.5 Å². The van der Waals surface area contributed by atoms with Gasteiger partial charge in [-0.1, -0.05) is 0 Å². The van der Waals surface area contributed by atoms with Gasteiger partial charge in [0.25, 0.3) is 0 Å². The summed E-state index contributed by atoms with van der Waals surface area (Å²) in [5, 5.41) is 0.502. The number of benzene rings is 1. The number of methoxy groups -OCH3 is 1. The van der Waals surface area contributed by atoms with E-state index >= 15 is 0 Å². The molecule has 0 bridgehead atoms. The molecule has 0 N–H and O–H groups in total. The average Bonchev–Trinajstić information content (AvgIpc) is 2.68. The maximum Gasteiger partial charge on any atom is 0.573 e. The van der Waals surface area contributed by atoms with Crippen molar-refractivity contribution in [2.24, 2.45) is 0 Å². The first kappa shape index (κ1) is 12.7. The molecular formula is C11H7F3O3S.